The fourth-order valence-electron chi connectivity index (χ4n) is 3.80. The molecule has 0 amide bonds. The predicted octanol–water partition coefficient (Wildman–Crippen LogP) is -10.2. The van der Waals surface area contributed by atoms with Crippen LogP contribution in [-0.4, -0.2) is 89.4 Å². The van der Waals surface area contributed by atoms with Crippen LogP contribution in [0.2, 0.25) is 0 Å². The molecular weight excluding hydrogens is 294 g/mol. The van der Waals surface area contributed by atoms with Crippen LogP contribution in [0.1, 0.15) is 44.9 Å². The molecule has 0 spiro atoms. The molecule has 1 aliphatic rings. The summed E-state index contributed by atoms with van der Waals surface area (Å²) in [5, 5.41) is 0.876. The topological polar surface area (TPSA) is 0 Å². The second-order valence-corrected chi connectivity index (χ2v) is 11.2. The largest absolute Gasteiger partial charge is 1.00 e. The zero-order valence-corrected chi connectivity index (χ0v) is 21.9. The van der Waals surface area contributed by atoms with Crippen LogP contribution in [-0.2, 0) is 0 Å². The van der Waals surface area contributed by atoms with E-state index in [1.54, 1.807) is 0 Å². The summed E-state index contributed by atoms with van der Waals surface area (Å²) in [4.78, 5) is 0. The first-order valence-electron chi connectivity index (χ1n) is 9.13. The number of hydrogen-bond donors (Lipinski definition) is 0. The summed E-state index contributed by atoms with van der Waals surface area (Å²) in [7, 11) is 18.0. The molecular formula is C8H26B12Na2S+. The molecule has 0 aromatic carbocycles. The van der Waals surface area contributed by atoms with Gasteiger partial charge in [0.05, 0.1) is 0 Å². The Morgan fingerprint density at radius 1 is 0.826 bits per heavy atom. The summed E-state index contributed by atoms with van der Waals surface area (Å²) < 4.78 is 0. The molecule has 0 aromatic rings. The van der Waals surface area contributed by atoms with E-state index in [0.29, 0.717) is 18.5 Å². The Balaban J connectivity index is 0. The average Bonchev–Trinajstić information content (AvgIpc) is 2.35. The Bertz CT molecular complexity index is 395. The Hall–Kier alpha value is 3.13. The molecule has 0 aromatic heterocycles. The second-order valence-electron chi connectivity index (χ2n) is 7.59. The molecule has 1 fully saturated rings. The van der Waals surface area contributed by atoms with Crippen molar-refractivity contribution in [3.63, 3.8) is 0 Å². The van der Waals surface area contributed by atoms with E-state index in [-0.39, 0.29) is 59.1 Å². The van der Waals surface area contributed by atoms with E-state index in [1.807, 2.05) is 0 Å². The molecule has 0 nitrogen and oxygen atoms in total. The predicted molar refractivity (Wildman–Crippen MR) is 128 cm³/mol. The Morgan fingerprint density at radius 2 is 1.22 bits per heavy atom. The van der Waals surface area contributed by atoms with Gasteiger partial charge in [-0.25, -0.2) is 0 Å². The minimum Gasteiger partial charge on any atom is 1.00 e. The van der Waals surface area contributed by atoms with E-state index >= 15 is 0 Å². The van der Waals surface area contributed by atoms with E-state index in [4.69, 9.17) is 7.74 Å². The van der Waals surface area contributed by atoms with Crippen molar-refractivity contribution >= 4 is 92.9 Å². The number of hydrogen-bond acceptors (Lipinski definition) is 0. The van der Waals surface area contributed by atoms with Crippen LogP contribution in [0.4, 0.5) is 0 Å². The minimum atomic E-state index is -0.840. The van der Waals surface area contributed by atoms with Crippen LogP contribution in [0.3, 0.4) is 0 Å². The summed E-state index contributed by atoms with van der Waals surface area (Å²) in [6.07, 6.45) is 11.3. The average molecular weight is 320 g/mol. The van der Waals surface area contributed by atoms with Gasteiger partial charge in [-0.1, -0.05) is 0 Å². The van der Waals surface area contributed by atoms with Gasteiger partial charge in [-0.05, 0) is 0 Å². The van der Waals surface area contributed by atoms with Gasteiger partial charge in [0.15, 0.2) is 0 Å². The van der Waals surface area contributed by atoms with Gasteiger partial charge < -0.3 is 0 Å². The van der Waals surface area contributed by atoms with Crippen LogP contribution in [0.25, 0.3) is 0 Å². The van der Waals surface area contributed by atoms with Crippen LogP contribution in [0.15, 0.2) is 0 Å². The van der Waals surface area contributed by atoms with Gasteiger partial charge in [0, 0.05) is 0 Å². The molecule has 0 bridgehead atoms. The molecule has 1 saturated carbocycles. The summed E-state index contributed by atoms with van der Waals surface area (Å²) in [5.41, 5.74) is 0. The molecule has 15 heteroatoms. The maximum Gasteiger partial charge on any atom is 1.00 e. The van der Waals surface area contributed by atoms with E-state index in [9.17, 15) is 0 Å². The van der Waals surface area contributed by atoms with Crippen LogP contribution < -0.4 is 59.1 Å². The SMILES string of the molecule is [10B-][10BH][10B]([10BH2])S(=[10B][10B]([10BH2])[10BH2])(=[10B][10B]([10BH2])[10BH2])C1CCCCCCC1.[Na+].[Na+]. The van der Waals surface area contributed by atoms with Gasteiger partial charge in [0.1, 0.15) is 0 Å². The van der Waals surface area contributed by atoms with Crippen molar-refractivity contribution in [1.82, 2.24) is 0 Å². The first kappa shape index (κ1) is 28.3. The maximum atomic E-state index is 6.17. The Kier molecular flexibility index (Phi) is 18.6. The molecule has 1 rings (SSSR count). The third kappa shape index (κ3) is 9.75. The fraction of sp³-hybridized carbons (Fsp3) is 1.00. The van der Waals surface area contributed by atoms with Crippen molar-refractivity contribution in [2.45, 2.75) is 50.2 Å². The molecule has 0 N–H and O–H groups in total. The van der Waals surface area contributed by atoms with E-state index < -0.39 is 8.73 Å². The van der Waals surface area contributed by atoms with Crippen molar-refractivity contribution in [2.24, 2.45) is 0 Å². The Morgan fingerprint density at radius 3 is 1.57 bits per heavy atom. The molecule has 1 aliphatic carbocycles. The molecule has 101 valence electrons. The van der Waals surface area contributed by atoms with Crippen molar-refractivity contribution in [3.8, 4) is 0 Å². The first-order valence-corrected chi connectivity index (χ1v) is 11.0. The van der Waals surface area contributed by atoms with Gasteiger partial charge >= 0.3 is 202 Å². The van der Waals surface area contributed by atoms with Crippen LogP contribution in [0.5, 0.6) is 0 Å². The minimum absolute atomic E-state index is 0. The maximum absolute atomic E-state index is 6.17. The van der Waals surface area contributed by atoms with Crippen molar-refractivity contribution in [3.05, 3.63) is 0 Å². The molecule has 23 heavy (non-hydrogen) atoms. The smallest absolute Gasteiger partial charge is 1.00 e. The fourth-order valence-corrected chi connectivity index (χ4v) is 8.90. The normalized spacial score (nSPS) is 15.3. The van der Waals surface area contributed by atoms with E-state index in [1.165, 1.54) is 44.9 Å². The van der Waals surface area contributed by atoms with Crippen LogP contribution >= 0.6 is 8.73 Å². The summed E-state index contributed by atoms with van der Waals surface area (Å²) in [6, 6.07) is 5.44. The first-order chi connectivity index (χ1) is 9.92. The molecule has 0 heterocycles. The number of rotatable bonds is 5. The molecule has 3 radical (unpaired) electrons. The standard InChI is InChI=1S/C8H26B12S.2Na/c9-15-20(14)21(16-18(10)11,17-19(12)13)8-6-4-2-1-3-5-7-8;;/h8,15H,1-7,10-14H2;;/q-1;2*+1/i9-1,10-1,11-1,12-1,13-1,14-1,15-1,16-1,17-1,18-1,19-1,20-1;;. The van der Waals surface area contributed by atoms with Crippen molar-refractivity contribution in [2.75, 3.05) is 0 Å². The Labute approximate surface area is 199 Å². The van der Waals surface area contributed by atoms with Gasteiger partial charge in [-0.2, -0.15) is 0 Å². The quantitative estimate of drug-likeness (QED) is 0.442. The van der Waals surface area contributed by atoms with Gasteiger partial charge in [0.2, 0.25) is 0 Å². The second kappa shape index (κ2) is 15.1. The molecule has 0 aliphatic heterocycles. The van der Waals surface area contributed by atoms with Gasteiger partial charge in [-0.3, -0.25) is 0 Å². The van der Waals surface area contributed by atoms with Crippen molar-refractivity contribution in [1.29, 1.82) is 0 Å². The third-order valence-electron chi connectivity index (χ3n) is 4.67. The van der Waals surface area contributed by atoms with E-state index in [2.05, 4.69) is 50.8 Å². The third-order valence-corrected chi connectivity index (χ3v) is 9.92. The van der Waals surface area contributed by atoms with Gasteiger partial charge in [0.25, 0.3) is 0 Å². The van der Waals surface area contributed by atoms with Gasteiger partial charge in [-0.15, -0.1) is 0 Å². The molecule has 0 unspecified atom stereocenters. The summed E-state index contributed by atoms with van der Waals surface area (Å²) >= 11 is 0. The zero-order chi connectivity index (χ0) is 15.9. The zero-order valence-electron chi connectivity index (χ0n) is 17.1. The van der Waals surface area contributed by atoms with Crippen molar-refractivity contribution < 1.29 is 59.1 Å². The van der Waals surface area contributed by atoms with Crippen LogP contribution in [0, 0.1) is 0 Å². The monoisotopic (exact) mass is 320 g/mol. The summed E-state index contributed by atoms with van der Waals surface area (Å²) in [6.45, 7) is 0. The molecule has 0 saturated heterocycles. The van der Waals surface area contributed by atoms with E-state index in [0.717, 1.165) is 12.3 Å². The summed E-state index contributed by atoms with van der Waals surface area (Å²) in [5.74, 6) is 0.631. The molecule has 0 atom stereocenters.